The van der Waals surface area contributed by atoms with Crippen molar-refractivity contribution in [2.24, 2.45) is 5.92 Å². The summed E-state index contributed by atoms with van der Waals surface area (Å²) in [4.78, 5) is 1.89. The van der Waals surface area contributed by atoms with Gasteiger partial charge in [-0.15, -0.1) is 0 Å². The molecular weight excluding hydrogens is 246 g/mol. The minimum Gasteiger partial charge on any atom is -0.361 e. The third-order valence-electron chi connectivity index (χ3n) is 3.95. The van der Waals surface area contributed by atoms with Crippen LogP contribution < -0.4 is 10.2 Å². The Kier molecular flexibility index (Phi) is 4.40. The zero-order valence-electron chi connectivity index (χ0n) is 11.8. The molecule has 1 aromatic rings. The van der Waals surface area contributed by atoms with Crippen LogP contribution in [0.4, 0.5) is 14.5 Å². The number of benzene rings is 1. The summed E-state index contributed by atoms with van der Waals surface area (Å²) < 4.78 is 27.9. The number of hydrogen-bond acceptors (Lipinski definition) is 2. The summed E-state index contributed by atoms with van der Waals surface area (Å²) >= 11 is 0. The van der Waals surface area contributed by atoms with Crippen LogP contribution >= 0.6 is 0 Å². The van der Waals surface area contributed by atoms with Crippen molar-refractivity contribution >= 4 is 5.69 Å². The van der Waals surface area contributed by atoms with E-state index in [0.29, 0.717) is 12.5 Å². The van der Waals surface area contributed by atoms with Gasteiger partial charge in [0.1, 0.15) is 17.3 Å². The topological polar surface area (TPSA) is 15.3 Å². The molecule has 4 heteroatoms. The third kappa shape index (κ3) is 2.89. The highest BCUT2D eigenvalue weighted by Gasteiger charge is 2.31. The van der Waals surface area contributed by atoms with E-state index >= 15 is 0 Å². The molecule has 0 saturated carbocycles. The van der Waals surface area contributed by atoms with Crippen molar-refractivity contribution < 1.29 is 8.78 Å². The molecule has 1 aromatic carbocycles. The Morgan fingerprint density at radius 3 is 2.47 bits per heavy atom. The molecule has 2 atom stereocenters. The number of nitrogens with zero attached hydrogens (tertiary/aromatic N) is 1. The van der Waals surface area contributed by atoms with Gasteiger partial charge in [0.15, 0.2) is 0 Å². The molecule has 0 bridgehead atoms. The predicted octanol–water partition coefficient (Wildman–Crippen LogP) is 3.18. The van der Waals surface area contributed by atoms with E-state index in [-0.39, 0.29) is 17.8 Å². The summed E-state index contributed by atoms with van der Waals surface area (Å²) in [5.74, 6) is -0.499. The smallest absolute Gasteiger partial charge is 0.149 e. The Hall–Kier alpha value is -1.16. The van der Waals surface area contributed by atoms with Crippen molar-refractivity contribution in [3.63, 3.8) is 0 Å². The lowest BCUT2D eigenvalue weighted by Gasteiger charge is -2.43. The van der Waals surface area contributed by atoms with Gasteiger partial charge in [-0.05, 0) is 24.5 Å². The highest BCUT2D eigenvalue weighted by Crippen LogP contribution is 2.28. The molecule has 1 heterocycles. The summed E-state index contributed by atoms with van der Waals surface area (Å²) in [5.41, 5.74) is 0.126. The average molecular weight is 268 g/mol. The molecule has 19 heavy (non-hydrogen) atoms. The van der Waals surface area contributed by atoms with Crippen LogP contribution in [-0.4, -0.2) is 25.2 Å². The van der Waals surface area contributed by atoms with Gasteiger partial charge in [-0.1, -0.05) is 26.8 Å². The first-order valence-electron chi connectivity index (χ1n) is 6.98. The number of piperazine rings is 1. The van der Waals surface area contributed by atoms with Gasteiger partial charge >= 0.3 is 0 Å². The molecule has 106 valence electrons. The number of halogens is 2. The van der Waals surface area contributed by atoms with Crippen LogP contribution in [0.5, 0.6) is 0 Å². The van der Waals surface area contributed by atoms with E-state index in [1.165, 1.54) is 18.2 Å². The number of hydrogen-bond donors (Lipinski definition) is 1. The lowest BCUT2D eigenvalue weighted by Crippen LogP contribution is -2.58. The molecule has 1 fully saturated rings. The number of nitrogens with one attached hydrogen (secondary N) is 1. The van der Waals surface area contributed by atoms with Crippen LogP contribution in [0, 0.1) is 17.6 Å². The van der Waals surface area contributed by atoms with Crippen molar-refractivity contribution in [2.45, 2.75) is 39.3 Å². The fourth-order valence-corrected chi connectivity index (χ4v) is 2.67. The summed E-state index contributed by atoms with van der Waals surface area (Å²) in [6.45, 7) is 7.72. The van der Waals surface area contributed by atoms with E-state index in [2.05, 4.69) is 19.2 Å². The van der Waals surface area contributed by atoms with Gasteiger partial charge in [0.2, 0.25) is 0 Å². The van der Waals surface area contributed by atoms with Crippen LogP contribution in [-0.2, 0) is 0 Å². The zero-order valence-corrected chi connectivity index (χ0v) is 11.8. The fraction of sp³-hybridized carbons (Fsp3) is 0.600. The maximum Gasteiger partial charge on any atom is 0.149 e. The molecule has 1 aliphatic heterocycles. The van der Waals surface area contributed by atoms with E-state index in [4.69, 9.17) is 0 Å². The van der Waals surface area contributed by atoms with Crippen molar-refractivity contribution in [1.29, 1.82) is 0 Å². The van der Waals surface area contributed by atoms with Crippen molar-refractivity contribution in [3.8, 4) is 0 Å². The summed E-state index contributed by atoms with van der Waals surface area (Å²) in [6.07, 6.45) is 0.867. The molecule has 2 nitrogen and oxygen atoms in total. The van der Waals surface area contributed by atoms with Gasteiger partial charge in [0.25, 0.3) is 0 Å². The molecule has 0 radical (unpaired) electrons. The van der Waals surface area contributed by atoms with Crippen LogP contribution in [0.1, 0.15) is 27.2 Å². The Morgan fingerprint density at radius 2 is 1.95 bits per heavy atom. The van der Waals surface area contributed by atoms with E-state index in [1.54, 1.807) is 0 Å². The largest absolute Gasteiger partial charge is 0.361 e. The zero-order chi connectivity index (χ0) is 14.0. The lowest BCUT2D eigenvalue weighted by molar-refractivity contribution is 0.321. The van der Waals surface area contributed by atoms with Crippen LogP contribution in [0.25, 0.3) is 0 Å². The Morgan fingerprint density at radius 1 is 1.32 bits per heavy atom. The maximum atomic E-state index is 14.0. The van der Waals surface area contributed by atoms with Gasteiger partial charge in [-0.2, -0.15) is 0 Å². The number of para-hydroxylation sites is 1. The Bertz CT molecular complexity index is 414. The van der Waals surface area contributed by atoms with Crippen molar-refractivity contribution in [1.82, 2.24) is 5.32 Å². The van der Waals surface area contributed by atoms with Gasteiger partial charge in [0.05, 0.1) is 0 Å². The average Bonchev–Trinajstić information content (AvgIpc) is 2.38. The van der Waals surface area contributed by atoms with Crippen molar-refractivity contribution in [3.05, 3.63) is 29.8 Å². The first kappa shape index (κ1) is 14.3. The predicted molar refractivity (Wildman–Crippen MR) is 74.4 cm³/mol. The first-order valence-corrected chi connectivity index (χ1v) is 6.98. The van der Waals surface area contributed by atoms with Crippen LogP contribution in [0.2, 0.25) is 0 Å². The highest BCUT2D eigenvalue weighted by molar-refractivity contribution is 5.51. The van der Waals surface area contributed by atoms with Crippen molar-refractivity contribution in [2.75, 3.05) is 18.0 Å². The van der Waals surface area contributed by atoms with Crippen LogP contribution in [0.15, 0.2) is 18.2 Å². The lowest BCUT2D eigenvalue weighted by atomic mass is 9.97. The Balaban J connectivity index is 2.32. The molecule has 0 aliphatic carbocycles. The second-order valence-corrected chi connectivity index (χ2v) is 5.54. The van der Waals surface area contributed by atoms with E-state index in [1.807, 2.05) is 11.8 Å². The molecule has 1 N–H and O–H groups in total. The summed E-state index contributed by atoms with van der Waals surface area (Å²) in [7, 11) is 0. The van der Waals surface area contributed by atoms with Crippen LogP contribution in [0.3, 0.4) is 0 Å². The minimum absolute atomic E-state index is 0.126. The fourth-order valence-electron chi connectivity index (χ4n) is 2.67. The van der Waals surface area contributed by atoms with Gasteiger partial charge in [0, 0.05) is 25.2 Å². The standard InChI is InChI=1S/C15H22F2N2/c1-4-11-8-18-14(10(2)3)9-19(11)15-12(16)6-5-7-13(15)17/h5-7,10-11,14,18H,4,8-9H2,1-3H3. The Labute approximate surface area is 113 Å². The van der Waals surface area contributed by atoms with Gasteiger partial charge in [-0.25, -0.2) is 8.78 Å². The van der Waals surface area contributed by atoms with E-state index in [9.17, 15) is 8.78 Å². The second kappa shape index (κ2) is 5.87. The summed E-state index contributed by atoms with van der Waals surface area (Å²) in [6, 6.07) is 4.48. The maximum absolute atomic E-state index is 14.0. The monoisotopic (exact) mass is 268 g/mol. The SMILES string of the molecule is CCC1CNC(C(C)C)CN1c1c(F)cccc1F. The molecule has 2 rings (SSSR count). The number of anilines is 1. The first-order chi connectivity index (χ1) is 9.04. The molecule has 1 saturated heterocycles. The minimum atomic E-state index is -0.470. The van der Waals surface area contributed by atoms with Gasteiger partial charge < -0.3 is 10.2 Å². The third-order valence-corrected chi connectivity index (χ3v) is 3.95. The van der Waals surface area contributed by atoms with Gasteiger partial charge in [-0.3, -0.25) is 0 Å². The second-order valence-electron chi connectivity index (χ2n) is 5.54. The molecule has 0 spiro atoms. The molecule has 0 aromatic heterocycles. The summed E-state index contributed by atoms with van der Waals surface area (Å²) in [5, 5.41) is 3.47. The number of rotatable bonds is 3. The molecule has 1 aliphatic rings. The van der Waals surface area contributed by atoms with E-state index < -0.39 is 11.6 Å². The molecule has 0 amide bonds. The molecule has 2 unspecified atom stereocenters. The normalized spacial score (nSPS) is 24.0. The highest BCUT2D eigenvalue weighted by atomic mass is 19.1. The quantitative estimate of drug-likeness (QED) is 0.905. The molecular formula is C15H22F2N2. The van der Waals surface area contributed by atoms with E-state index in [0.717, 1.165) is 13.0 Å².